The summed E-state index contributed by atoms with van der Waals surface area (Å²) in [5.74, 6) is -1.83. The Bertz CT molecular complexity index is 497. The first-order valence-corrected chi connectivity index (χ1v) is 5.82. The number of nitrogens with one attached hydrogen (secondary N) is 1. The van der Waals surface area contributed by atoms with Crippen LogP contribution in [0.3, 0.4) is 0 Å². The molecule has 0 aromatic heterocycles. The number of hydrogen-bond donors (Lipinski definition) is 2. The molecule has 1 atom stereocenters. The number of carbonyl (C=O) groups is 2. The number of carboxylic acid groups (broad SMARTS) is 1. The second-order valence-electron chi connectivity index (χ2n) is 4.61. The number of amides is 1. The molecule has 1 saturated carbocycles. The van der Waals surface area contributed by atoms with E-state index in [1.54, 1.807) is 6.92 Å². The smallest absolute Gasteiger partial charge is 0.337 e. The summed E-state index contributed by atoms with van der Waals surface area (Å²) in [5.41, 5.74) is -0.0900. The lowest BCUT2D eigenvalue weighted by Gasteiger charge is -2.12. The number of carboxylic acids is 1. The van der Waals surface area contributed by atoms with E-state index < -0.39 is 11.8 Å². The Morgan fingerprint density at radius 2 is 2.11 bits per heavy atom. The Labute approximate surface area is 104 Å². The van der Waals surface area contributed by atoms with Gasteiger partial charge in [-0.25, -0.2) is 9.18 Å². The second-order valence-corrected chi connectivity index (χ2v) is 4.61. The topological polar surface area (TPSA) is 66.4 Å². The minimum atomic E-state index is -1.19. The zero-order chi connectivity index (χ0) is 13.3. The molecule has 1 amide bonds. The highest BCUT2D eigenvalue weighted by molar-refractivity contribution is 6.01. The van der Waals surface area contributed by atoms with Gasteiger partial charge in [0.2, 0.25) is 5.91 Å². The van der Waals surface area contributed by atoms with E-state index in [1.807, 2.05) is 0 Å². The van der Waals surface area contributed by atoms with Gasteiger partial charge in [0, 0.05) is 5.92 Å². The minimum Gasteiger partial charge on any atom is -0.478 e. The summed E-state index contributed by atoms with van der Waals surface area (Å²) >= 11 is 0. The molecular weight excluding hydrogens is 237 g/mol. The molecule has 1 aromatic carbocycles. The number of anilines is 1. The van der Waals surface area contributed by atoms with E-state index in [0.29, 0.717) is 5.92 Å². The monoisotopic (exact) mass is 251 g/mol. The highest BCUT2D eigenvalue weighted by Gasteiger charge is 2.33. The summed E-state index contributed by atoms with van der Waals surface area (Å²) in [6, 6.07) is 3.24. The highest BCUT2D eigenvalue weighted by atomic mass is 19.1. The lowest BCUT2D eigenvalue weighted by atomic mass is 10.1. The Balaban J connectivity index is 2.18. The Morgan fingerprint density at radius 1 is 1.44 bits per heavy atom. The van der Waals surface area contributed by atoms with Crippen molar-refractivity contribution in [3.63, 3.8) is 0 Å². The van der Waals surface area contributed by atoms with E-state index in [1.165, 1.54) is 0 Å². The van der Waals surface area contributed by atoms with Gasteiger partial charge in [-0.2, -0.15) is 0 Å². The van der Waals surface area contributed by atoms with Crippen LogP contribution in [-0.4, -0.2) is 17.0 Å². The maximum atomic E-state index is 13.1. The van der Waals surface area contributed by atoms with Crippen molar-refractivity contribution in [1.29, 1.82) is 0 Å². The van der Waals surface area contributed by atoms with Crippen LogP contribution in [0.25, 0.3) is 0 Å². The lowest BCUT2D eigenvalue weighted by molar-refractivity contribution is -0.119. The normalized spacial score (nSPS) is 16.1. The summed E-state index contributed by atoms with van der Waals surface area (Å²) in [6.45, 7) is 1.80. The van der Waals surface area contributed by atoms with E-state index in [0.717, 1.165) is 31.0 Å². The molecular formula is C13H14FNO3. The number of rotatable bonds is 4. The van der Waals surface area contributed by atoms with Gasteiger partial charge in [0.1, 0.15) is 5.82 Å². The third-order valence-corrected chi connectivity index (χ3v) is 3.21. The fraction of sp³-hybridized carbons (Fsp3) is 0.385. The average Bonchev–Trinajstić information content (AvgIpc) is 3.11. The average molecular weight is 251 g/mol. The first kappa shape index (κ1) is 12.5. The van der Waals surface area contributed by atoms with Crippen molar-refractivity contribution in [2.75, 3.05) is 5.32 Å². The van der Waals surface area contributed by atoms with Gasteiger partial charge in [-0.15, -0.1) is 0 Å². The quantitative estimate of drug-likeness (QED) is 0.864. The van der Waals surface area contributed by atoms with Crippen molar-refractivity contribution in [2.45, 2.75) is 19.8 Å². The molecule has 0 bridgehead atoms. The third-order valence-electron chi connectivity index (χ3n) is 3.21. The van der Waals surface area contributed by atoms with E-state index in [2.05, 4.69) is 5.32 Å². The Kier molecular flexibility index (Phi) is 3.32. The number of benzene rings is 1. The summed E-state index contributed by atoms with van der Waals surface area (Å²) in [7, 11) is 0. The van der Waals surface area contributed by atoms with Gasteiger partial charge in [-0.1, -0.05) is 6.92 Å². The van der Waals surface area contributed by atoms with Crippen molar-refractivity contribution in [3.8, 4) is 0 Å². The number of carbonyl (C=O) groups excluding carboxylic acids is 1. The van der Waals surface area contributed by atoms with Crippen LogP contribution in [0.4, 0.5) is 10.1 Å². The molecule has 18 heavy (non-hydrogen) atoms. The molecule has 1 unspecified atom stereocenters. The molecule has 0 saturated heterocycles. The molecule has 4 nitrogen and oxygen atoms in total. The molecule has 5 heteroatoms. The zero-order valence-corrected chi connectivity index (χ0v) is 9.94. The van der Waals surface area contributed by atoms with E-state index in [4.69, 9.17) is 5.11 Å². The molecule has 0 radical (unpaired) electrons. The number of hydrogen-bond acceptors (Lipinski definition) is 2. The Morgan fingerprint density at radius 3 is 2.67 bits per heavy atom. The van der Waals surface area contributed by atoms with Crippen LogP contribution in [0.2, 0.25) is 0 Å². The van der Waals surface area contributed by atoms with E-state index in [9.17, 15) is 14.0 Å². The molecule has 0 spiro atoms. The molecule has 1 aromatic rings. The van der Waals surface area contributed by atoms with Crippen LogP contribution in [0.1, 0.15) is 30.1 Å². The fourth-order valence-electron chi connectivity index (χ4n) is 1.86. The summed E-state index contributed by atoms with van der Waals surface area (Å²) in [4.78, 5) is 22.8. The first-order chi connectivity index (χ1) is 8.49. The van der Waals surface area contributed by atoms with Crippen LogP contribution in [0, 0.1) is 17.7 Å². The zero-order valence-electron chi connectivity index (χ0n) is 9.94. The largest absolute Gasteiger partial charge is 0.478 e. The Hall–Kier alpha value is -1.91. The van der Waals surface area contributed by atoms with Crippen molar-refractivity contribution < 1.29 is 19.1 Å². The van der Waals surface area contributed by atoms with Gasteiger partial charge in [-0.05, 0) is 37.0 Å². The molecule has 2 rings (SSSR count). The predicted molar refractivity (Wildman–Crippen MR) is 63.9 cm³/mol. The molecule has 1 aliphatic rings. The summed E-state index contributed by atoms with van der Waals surface area (Å²) in [5, 5.41) is 11.4. The molecule has 0 aliphatic heterocycles. The maximum Gasteiger partial charge on any atom is 0.337 e. The number of halogens is 1. The van der Waals surface area contributed by atoms with Gasteiger partial charge in [0.15, 0.2) is 0 Å². The maximum absolute atomic E-state index is 13.1. The molecule has 2 N–H and O–H groups in total. The van der Waals surface area contributed by atoms with Crippen LogP contribution in [0.5, 0.6) is 0 Å². The van der Waals surface area contributed by atoms with Crippen molar-refractivity contribution in [3.05, 3.63) is 29.6 Å². The van der Waals surface area contributed by atoms with Gasteiger partial charge < -0.3 is 10.4 Å². The van der Waals surface area contributed by atoms with Crippen molar-refractivity contribution in [2.24, 2.45) is 11.8 Å². The minimum absolute atomic E-state index is 0.0139. The van der Waals surface area contributed by atoms with Gasteiger partial charge >= 0.3 is 5.97 Å². The molecule has 1 aliphatic carbocycles. The summed E-state index contributed by atoms with van der Waals surface area (Å²) in [6.07, 6.45) is 2.03. The van der Waals surface area contributed by atoms with Crippen molar-refractivity contribution in [1.82, 2.24) is 0 Å². The SMILES string of the molecule is CC(C(=O)Nc1cc(F)ccc1C(=O)O)C1CC1. The van der Waals surface area contributed by atoms with E-state index >= 15 is 0 Å². The van der Waals surface area contributed by atoms with Gasteiger partial charge in [-0.3, -0.25) is 4.79 Å². The van der Waals surface area contributed by atoms with Crippen LogP contribution in [0.15, 0.2) is 18.2 Å². The molecule has 1 fully saturated rings. The first-order valence-electron chi connectivity index (χ1n) is 5.82. The van der Waals surface area contributed by atoms with Crippen molar-refractivity contribution >= 4 is 17.6 Å². The fourth-order valence-corrected chi connectivity index (χ4v) is 1.86. The van der Waals surface area contributed by atoms with Gasteiger partial charge in [0.05, 0.1) is 11.3 Å². The van der Waals surface area contributed by atoms with Crippen LogP contribution >= 0.6 is 0 Å². The molecule has 96 valence electrons. The molecule has 0 heterocycles. The van der Waals surface area contributed by atoms with E-state index in [-0.39, 0.29) is 23.1 Å². The van der Waals surface area contributed by atoms with Crippen LogP contribution < -0.4 is 5.32 Å². The standard InChI is InChI=1S/C13H14FNO3/c1-7(8-2-3-8)12(16)15-11-6-9(14)4-5-10(11)13(17)18/h4-8H,2-3H2,1H3,(H,15,16)(H,17,18). The summed E-state index contributed by atoms with van der Waals surface area (Å²) < 4.78 is 13.1. The second kappa shape index (κ2) is 4.76. The predicted octanol–water partition coefficient (Wildman–Crippen LogP) is 2.51. The highest BCUT2D eigenvalue weighted by Crippen LogP contribution is 2.37. The lowest BCUT2D eigenvalue weighted by Crippen LogP contribution is -2.23. The third kappa shape index (κ3) is 2.67. The van der Waals surface area contributed by atoms with Crippen LogP contribution in [-0.2, 0) is 4.79 Å². The number of aromatic carboxylic acids is 1. The van der Waals surface area contributed by atoms with Gasteiger partial charge in [0.25, 0.3) is 0 Å².